The molecule has 0 saturated carbocycles. The van der Waals surface area contributed by atoms with Crippen molar-refractivity contribution >= 4 is 24.0 Å². The molecule has 0 unspecified atom stereocenters. The molecule has 0 aromatic heterocycles. The number of benzene rings is 1. The summed E-state index contributed by atoms with van der Waals surface area (Å²) in [6.07, 6.45) is 0.524. The molecule has 0 atom stereocenters. The predicted molar refractivity (Wildman–Crippen MR) is 110 cm³/mol. The van der Waals surface area contributed by atoms with Crippen molar-refractivity contribution in [2.45, 2.75) is 85.7 Å². The van der Waals surface area contributed by atoms with E-state index < -0.39 is 34.0 Å². The van der Waals surface area contributed by atoms with Crippen molar-refractivity contribution in [2.24, 2.45) is 0 Å². The average Bonchev–Trinajstić information content (AvgIpc) is 2.62. The molecular formula is C22H34F4Sn. The molecule has 0 amide bonds. The summed E-state index contributed by atoms with van der Waals surface area (Å²) in [5.41, 5.74) is -0.129. The normalized spacial score (nSPS) is 13.6. The Labute approximate surface area is 166 Å². The molecule has 1 rings (SSSR count). The van der Waals surface area contributed by atoms with Gasteiger partial charge in [0.25, 0.3) is 0 Å². The maximum absolute atomic E-state index is 15.9. The first kappa shape index (κ1) is 24.5. The van der Waals surface area contributed by atoms with Crippen molar-refractivity contribution in [3.8, 4) is 0 Å². The minimum atomic E-state index is -4.66. The van der Waals surface area contributed by atoms with E-state index in [0.717, 1.165) is 44.1 Å². The summed E-state index contributed by atoms with van der Waals surface area (Å²) in [7, 11) is 0. The summed E-state index contributed by atoms with van der Waals surface area (Å²) in [6, 6.07) is 6.12. The van der Waals surface area contributed by atoms with E-state index in [0.29, 0.717) is 13.3 Å². The van der Waals surface area contributed by atoms with Gasteiger partial charge in [0.1, 0.15) is 0 Å². The SMILES string of the molecule is CCC[CH2][Sn]([CH2]CCC)([CH2]CCC)/[C](F)=C(/c1ccc(C)cc1)C(F)(F)F. The summed E-state index contributed by atoms with van der Waals surface area (Å²) in [6.45, 7) is 7.91. The Morgan fingerprint density at radius 1 is 0.815 bits per heavy atom. The first-order valence-corrected chi connectivity index (χ1v) is 17.7. The van der Waals surface area contributed by atoms with E-state index in [1.54, 1.807) is 12.1 Å². The zero-order chi connectivity index (χ0) is 20.5. The Bertz CT molecular complexity index is 566. The van der Waals surface area contributed by atoms with Gasteiger partial charge in [-0.15, -0.1) is 0 Å². The van der Waals surface area contributed by atoms with Gasteiger partial charge in [0.2, 0.25) is 0 Å². The summed E-state index contributed by atoms with van der Waals surface area (Å²) in [4.78, 5) is 0. The first-order valence-electron chi connectivity index (χ1n) is 10.3. The average molecular weight is 493 g/mol. The summed E-state index contributed by atoms with van der Waals surface area (Å²) in [5.74, 6) is 0. The first-order chi connectivity index (χ1) is 12.7. The van der Waals surface area contributed by atoms with Gasteiger partial charge >= 0.3 is 166 Å². The standard InChI is InChI=1S/C10H7F4.3C4H9.Sn/c1-7-2-4-8(5-3-7)9(6-11)10(12,13)14;3*1-3-4-2;/h2-5H,1H3;3*1,3-4H2,2H3;. The van der Waals surface area contributed by atoms with Crippen LogP contribution in [0.15, 0.2) is 28.1 Å². The molecule has 0 spiro atoms. The number of rotatable bonds is 11. The van der Waals surface area contributed by atoms with Gasteiger partial charge in [-0.2, -0.15) is 0 Å². The fourth-order valence-electron chi connectivity index (χ4n) is 3.65. The van der Waals surface area contributed by atoms with Gasteiger partial charge in [-0.3, -0.25) is 0 Å². The molecule has 0 aliphatic heterocycles. The van der Waals surface area contributed by atoms with Crippen molar-refractivity contribution in [1.82, 2.24) is 0 Å². The number of hydrogen-bond acceptors (Lipinski definition) is 0. The van der Waals surface area contributed by atoms with Gasteiger partial charge in [-0.05, 0) is 0 Å². The molecular weight excluding hydrogens is 459 g/mol. The Morgan fingerprint density at radius 2 is 1.22 bits per heavy atom. The predicted octanol–water partition coefficient (Wildman–Crippen LogP) is 8.63. The third-order valence-corrected chi connectivity index (χ3v) is 19.9. The summed E-state index contributed by atoms with van der Waals surface area (Å²) in [5, 5.41) is 0. The second-order valence-electron chi connectivity index (χ2n) is 7.64. The van der Waals surface area contributed by atoms with E-state index in [1.807, 2.05) is 27.7 Å². The fraction of sp³-hybridized carbons (Fsp3) is 0.636. The van der Waals surface area contributed by atoms with Gasteiger partial charge in [0.15, 0.2) is 0 Å². The Hall–Kier alpha value is -0.521. The molecule has 0 aliphatic rings. The number of alkyl halides is 3. The number of halogens is 4. The van der Waals surface area contributed by atoms with Crippen LogP contribution in [0.3, 0.4) is 0 Å². The van der Waals surface area contributed by atoms with Crippen molar-refractivity contribution in [3.05, 3.63) is 39.2 Å². The Morgan fingerprint density at radius 3 is 1.56 bits per heavy atom. The monoisotopic (exact) mass is 494 g/mol. The molecule has 1 aromatic carbocycles. The molecule has 1 aromatic rings. The Balaban J connectivity index is 3.59. The molecule has 5 heteroatoms. The van der Waals surface area contributed by atoms with Crippen LogP contribution >= 0.6 is 0 Å². The number of hydrogen-bond donors (Lipinski definition) is 0. The van der Waals surface area contributed by atoms with Crippen LogP contribution in [0.2, 0.25) is 13.3 Å². The quantitative estimate of drug-likeness (QED) is 0.214. The second kappa shape index (κ2) is 11.5. The molecule has 154 valence electrons. The third-order valence-electron chi connectivity index (χ3n) is 5.34. The van der Waals surface area contributed by atoms with Gasteiger partial charge in [-0.25, -0.2) is 0 Å². The molecule has 0 bridgehead atoms. The topological polar surface area (TPSA) is 0 Å². The zero-order valence-corrected chi connectivity index (χ0v) is 20.0. The molecule has 0 N–H and O–H groups in total. The van der Waals surface area contributed by atoms with Crippen molar-refractivity contribution in [2.75, 3.05) is 0 Å². The Kier molecular flexibility index (Phi) is 10.4. The zero-order valence-electron chi connectivity index (χ0n) is 17.2. The van der Waals surface area contributed by atoms with Crippen LogP contribution in [0.1, 0.15) is 70.4 Å². The van der Waals surface area contributed by atoms with E-state index >= 15 is 4.39 Å². The van der Waals surface area contributed by atoms with Crippen molar-refractivity contribution in [1.29, 1.82) is 0 Å². The van der Waals surface area contributed by atoms with Crippen molar-refractivity contribution in [3.63, 3.8) is 0 Å². The number of allylic oxidation sites excluding steroid dienone is 1. The fourth-order valence-corrected chi connectivity index (χ4v) is 18.8. The summed E-state index contributed by atoms with van der Waals surface area (Å²) < 4.78 is 59.2. The van der Waals surface area contributed by atoms with Crippen LogP contribution in [-0.2, 0) is 0 Å². The van der Waals surface area contributed by atoms with Crippen LogP contribution < -0.4 is 0 Å². The van der Waals surface area contributed by atoms with Crippen LogP contribution in [-0.4, -0.2) is 24.6 Å². The van der Waals surface area contributed by atoms with Gasteiger partial charge < -0.3 is 0 Å². The minimum absolute atomic E-state index is 0.0174. The van der Waals surface area contributed by atoms with Gasteiger partial charge in [0, 0.05) is 0 Å². The van der Waals surface area contributed by atoms with E-state index in [-0.39, 0.29) is 5.56 Å². The number of aryl methyl sites for hydroxylation is 1. The molecule has 0 saturated heterocycles. The van der Waals surface area contributed by atoms with E-state index in [1.165, 1.54) is 12.1 Å². The summed E-state index contributed by atoms with van der Waals surface area (Å²) >= 11 is -3.77. The second-order valence-corrected chi connectivity index (χ2v) is 20.5. The van der Waals surface area contributed by atoms with E-state index in [9.17, 15) is 13.2 Å². The molecule has 0 heterocycles. The van der Waals surface area contributed by atoms with Crippen LogP contribution in [0.25, 0.3) is 5.57 Å². The molecule has 0 fully saturated rings. The van der Waals surface area contributed by atoms with Crippen LogP contribution in [0, 0.1) is 6.92 Å². The molecule has 27 heavy (non-hydrogen) atoms. The molecule has 0 radical (unpaired) electrons. The molecule has 0 aliphatic carbocycles. The van der Waals surface area contributed by atoms with Crippen molar-refractivity contribution < 1.29 is 17.6 Å². The molecule has 0 nitrogen and oxygen atoms in total. The van der Waals surface area contributed by atoms with Crippen LogP contribution in [0.5, 0.6) is 0 Å². The maximum atomic E-state index is 15.9. The van der Waals surface area contributed by atoms with E-state index in [4.69, 9.17) is 0 Å². The van der Waals surface area contributed by atoms with Gasteiger partial charge in [0.05, 0.1) is 0 Å². The number of unbranched alkanes of at least 4 members (excludes halogenated alkanes) is 3. The van der Waals surface area contributed by atoms with Crippen LogP contribution in [0.4, 0.5) is 17.6 Å². The third kappa shape index (κ3) is 7.10. The van der Waals surface area contributed by atoms with E-state index in [2.05, 4.69) is 0 Å². The van der Waals surface area contributed by atoms with Gasteiger partial charge in [-0.1, -0.05) is 0 Å².